The molecule has 0 radical (unpaired) electrons. The molecule has 0 saturated heterocycles. The van der Waals surface area contributed by atoms with Crippen molar-refractivity contribution in [3.05, 3.63) is 109 Å². The number of aliphatic hydroxyl groups excluding tert-OH is 2. The summed E-state index contributed by atoms with van der Waals surface area (Å²) in [6.07, 6.45) is 82.8. The fourth-order valence-corrected chi connectivity index (χ4v) is 11.8. The number of hydrogen-bond acceptors (Lipinski definition) is 14. The maximum atomic E-state index is 12.9. The van der Waals surface area contributed by atoms with E-state index in [9.17, 15) is 43.5 Å². The van der Waals surface area contributed by atoms with Gasteiger partial charge >= 0.3 is 33.6 Å². The molecule has 0 saturated carbocycles. The average Bonchev–Trinajstić information content (AvgIpc) is 1.85. The van der Waals surface area contributed by atoms with Gasteiger partial charge in [-0.1, -0.05) is 297 Å². The highest BCUT2D eigenvalue weighted by atomic mass is 31.2. The summed E-state index contributed by atoms with van der Waals surface area (Å²) in [5.74, 6) is -1.58. The summed E-state index contributed by atoms with van der Waals surface area (Å²) in [6, 6.07) is 0. The van der Waals surface area contributed by atoms with Crippen LogP contribution in [-0.2, 0) is 55.8 Å². The Morgan fingerprint density at radius 3 is 0.887 bits per heavy atom. The molecule has 0 aliphatic heterocycles. The zero-order chi connectivity index (χ0) is 70.9. The van der Waals surface area contributed by atoms with Crippen LogP contribution in [0.25, 0.3) is 0 Å². The normalized spacial score (nSPS) is 14.7. The van der Waals surface area contributed by atoms with Gasteiger partial charge < -0.3 is 34.2 Å². The number of hydrogen-bond donors (Lipinski definition) is 4. The number of ether oxygens (including phenoxy) is 3. The number of carbonyl (C=O) groups is 3. The molecule has 0 heterocycles. The van der Waals surface area contributed by atoms with Crippen LogP contribution in [0, 0.1) is 0 Å². The minimum Gasteiger partial charge on any atom is -0.463 e. The van der Waals surface area contributed by atoms with Crippen LogP contribution in [0.4, 0.5) is 0 Å². The zero-order valence-electron chi connectivity index (χ0n) is 61.0. The van der Waals surface area contributed by atoms with Crippen LogP contribution in [0.5, 0.6) is 0 Å². The number of rotatable bonds is 72. The van der Waals surface area contributed by atoms with Gasteiger partial charge in [0.15, 0.2) is 6.10 Å². The fourth-order valence-electron chi connectivity index (χ4n) is 10.2. The van der Waals surface area contributed by atoms with Gasteiger partial charge in [-0.15, -0.1) is 0 Å². The van der Waals surface area contributed by atoms with E-state index in [2.05, 4.69) is 130 Å². The molecule has 5 unspecified atom stereocenters. The number of esters is 3. The molecule has 0 amide bonds. The zero-order valence-corrected chi connectivity index (χ0v) is 62.8. The Hall–Kier alpha value is -3.79. The van der Waals surface area contributed by atoms with E-state index in [0.29, 0.717) is 19.3 Å². The molecule has 560 valence electrons. The molecular weight excluding hydrogens is 1270 g/mol. The molecule has 5 atom stereocenters. The summed E-state index contributed by atoms with van der Waals surface area (Å²) in [5, 5.41) is 20.6. The van der Waals surface area contributed by atoms with E-state index in [1.807, 2.05) is 0 Å². The minimum atomic E-state index is -4.93. The van der Waals surface area contributed by atoms with E-state index in [1.54, 1.807) is 0 Å². The Labute approximate surface area is 590 Å². The van der Waals surface area contributed by atoms with Gasteiger partial charge in [0.05, 0.1) is 26.4 Å². The molecular formula is C79H138O16P2. The monoisotopic (exact) mass is 1400 g/mol. The van der Waals surface area contributed by atoms with Crippen LogP contribution < -0.4 is 0 Å². The predicted octanol–water partition coefficient (Wildman–Crippen LogP) is 22.0. The summed E-state index contributed by atoms with van der Waals surface area (Å²) in [5.41, 5.74) is 0. The third kappa shape index (κ3) is 73.3. The van der Waals surface area contributed by atoms with E-state index >= 15 is 0 Å². The Bertz CT molecular complexity index is 2200. The van der Waals surface area contributed by atoms with Gasteiger partial charge in [-0.25, -0.2) is 9.13 Å². The topological polar surface area (TPSA) is 231 Å². The van der Waals surface area contributed by atoms with Gasteiger partial charge in [-0.05, 0) is 109 Å². The van der Waals surface area contributed by atoms with Gasteiger partial charge in [-0.3, -0.25) is 32.5 Å². The first kappa shape index (κ1) is 93.2. The second-order valence-electron chi connectivity index (χ2n) is 25.4. The van der Waals surface area contributed by atoms with Crippen LogP contribution >= 0.6 is 15.6 Å². The van der Waals surface area contributed by atoms with Gasteiger partial charge in [0, 0.05) is 19.3 Å². The second-order valence-corrected chi connectivity index (χ2v) is 28.3. The van der Waals surface area contributed by atoms with Crippen LogP contribution in [0.2, 0.25) is 0 Å². The number of unbranched alkanes of at least 4 members (excludes halogenated alkanes) is 31. The first-order chi connectivity index (χ1) is 47.2. The lowest BCUT2D eigenvalue weighted by Gasteiger charge is -2.21. The molecule has 0 spiro atoms. The van der Waals surface area contributed by atoms with Crippen molar-refractivity contribution < 1.29 is 75.8 Å². The molecule has 16 nitrogen and oxygen atoms in total. The lowest BCUT2D eigenvalue weighted by Crippen LogP contribution is -2.30. The van der Waals surface area contributed by atoms with Gasteiger partial charge in [0.25, 0.3) is 0 Å². The summed E-state index contributed by atoms with van der Waals surface area (Å²) < 4.78 is 61.0. The molecule has 0 aliphatic rings. The molecule has 0 aromatic heterocycles. The largest absolute Gasteiger partial charge is 0.472 e. The van der Waals surface area contributed by atoms with Crippen molar-refractivity contribution in [1.29, 1.82) is 0 Å². The van der Waals surface area contributed by atoms with Crippen molar-refractivity contribution in [2.75, 3.05) is 39.6 Å². The molecule has 0 bridgehead atoms. The maximum absolute atomic E-state index is 12.9. The molecule has 0 aromatic rings. The Morgan fingerprint density at radius 1 is 0.299 bits per heavy atom. The fraction of sp³-hybridized carbons (Fsp3) is 0.734. The Balaban J connectivity index is 4.51. The maximum Gasteiger partial charge on any atom is 0.472 e. The lowest BCUT2D eigenvalue weighted by molar-refractivity contribution is -0.161. The summed E-state index contributed by atoms with van der Waals surface area (Å²) in [7, 11) is -9.78. The highest BCUT2D eigenvalue weighted by Crippen LogP contribution is 2.45. The van der Waals surface area contributed by atoms with Gasteiger partial charge in [-0.2, -0.15) is 0 Å². The van der Waals surface area contributed by atoms with Crippen molar-refractivity contribution in [2.45, 2.75) is 334 Å². The van der Waals surface area contributed by atoms with E-state index < -0.39 is 91.5 Å². The van der Waals surface area contributed by atoms with Crippen molar-refractivity contribution in [3.63, 3.8) is 0 Å². The molecule has 4 N–H and O–H groups in total. The summed E-state index contributed by atoms with van der Waals surface area (Å²) in [6.45, 7) is 2.53. The summed E-state index contributed by atoms with van der Waals surface area (Å²) >= 11 is 0. The van der Waals surface area contributed by atoms with Crippen LogP contribution in [0.15, 0.2) is 109 Å². The van der Waals surface area contributed by atoms with Crippen LogP contribution in [0.1, 0.15) is 316 Å². The van der Waals surface area contributed by atoms with Crippen LogP contribution in [0.3, 0.4) is 0 Å². The van der Waals surface area contributed by atoms with Crippen molar-refractivity contribution in [1.82, 2.24) is 0 Å². The SMILES string of the molecule is CC/C=C\C/C=C\C/C=C\C/C=C\C/C=C\CCCCCCCCCCCC(=O)OCC(O)COP(=O)(O)OCC(O)COP(=O)(O)OCC(COC(=O)CCCCCCCCCCC/C=C\C/C=C\C/C=C\C/C=C\CCCCC)OC(=O)CCCCCCCCCCCCC. The smallest absolute Gasteiger partial charge is 0.463 e. The van der Waals surface area contributed by atoms with E-state index in [1.165, 1.54) is 116 Å². The molecule has 0 aromatic carbocycles. The Morgan fingerprint density at radius 2 is 0.546 bits per heavy atom. The van der Waals surface area contributed by atoms with E-state index in [4.69, 9.17) is 32.3 Å². The van der Waals surface area contributed by atoms with Crippen LogP contribution in [-0.4, -0.2) is 95.9 Å². The third-order valence-electron chi connectivity index (χ3n) is 16.0. The molecule has 18 heteroatoms. The number of carbonyl (C=O) groups excluding carboxylic acids is 3. The number of phosphoric acid groups is 2. The standard InChI is InChI=1S/C79H138O16P2/c1-4-7-10-13-16-19-22-24-26-28-30-32-34-36-38-40-42-44-46-48-51-53-56-59-62-65-77(82)89-68-74(80)69-91-96(85,86)92-70-75(81)71-93-97(87,88)94-73-76(95-79(84)67-64-61-58-55-50-21-18-15-12-9-6-3)72-90-78(83)66-63-60-57-54-52-49-47-45-43-41-39-37-35-33-31-29-27-25-23-20-17-14-11-8-5-2/h7,10,16-17,19-20,24-27,30-33,36-39,74-76,80-81H,4-6,8-9,11-15,18,21-23,28-29,34-35,40-73H2,1-3H3,(H,85,86)(H,87,88)/b10-7-,19-16-,20-17-,26-24-,27-25-,32-30-,33-31-,38-36-,39-37-. The van der Waals surface area contributed by atoms with Gasteiger partial charge in [0.1, 0.15) is 25.4 Å². The first-order valence-electron chi connectivity index (χ1n) is 38.2. The number of phosphoric ester groups is 2. The third-order valence-corrected chi connectivity index (χ3v) is 17.9. The highest BCUT2D eigenvalue weighted by Gasteiger charge is 2.29. The molecule has 0 fully saturated rings. The van der Waals surface area contributed by atoms with Gasteiger partial charge in [0.2, 0.25) is 0 Å². The highest BCUT2D eigenvalue weighted by molar-refractivity contribution is 7.47. The molecule has 97 heavy (non-hydrogen) atoms. The molecule has 0 rings (SSSR count). The molecule has 0 aliphatic carbocycles. The average molecular weight is 1410 g/mol. The van der Waals surface area contributed by atoms with Crippen molar-refractivity contribution >= 4 is 33.6 Å². The number of allylic oxidation sites excluding steroid dienone is 18. The van der Waals surface area contributed by atoms with E-state index in [0.717, 1.165) is 141 Å². The van der Waals surface area contributed by atoms with Crippen molar-refractivity contribution in [2.24, 2.45) is 0 Å². The van der Waals surface area contributed by atoms with Crippen molar-refractivity contribution in [3.8, 4) is 0 Å². The Kier molecular flexibility index (Phi) is 69.2. The summed E-state index contributed by atoms with van der Waals surface area (Å²) in [4.78, 5) is 58.5. The quantitative estimate of drug-likeness (QED) is 0.0146. The first-order valence-corrected chi connectivity index (χ1v) is 41.2. The minimum absolute atomic E-state index is 0.105. The second kappa shape index (κ2) is 72.0. The predicted molar refractivity (Wildman–Crippen MR) is 399 cm³/mol. The lowest BCUT2D eigenvalue weighted by atomic mass is 10.1. The van der Waals surface area contributed by atoms with E-state index in [-0.39, 0.29) is 19.3 Å². The number of aliphatic hydroxyl groups is 2.